The van der Waals surface area contributed by atoms with Crippen molar-refractivity contribution in [3.05, 3.63) is 21.9 Å². The maximum Gasteiger partial charge on any atom is 0.240 e. The number of carbonyl (C=O) groups excluding carboxylic acids is 1. The Balaban J connectivity index is 1.98. The van der Waals surface area contributed by atoms with Gasteiger partial charge in [-0.05, 0) is 51.7 Å². The van der Waals surface area contributed by atoms with Gasteiger partial charge in [-0.3, -0.25) is 4.79 Å². The molecule has 1 aromatic heterocycles. The summed E-state index contributed by atoms with van der Waals surface area (Å²) >= 11 is 1.72. The van der Waals surface area contributed by atoms with Gasteiger partial charge < -0.3 is 11.1 Å². The molecule has 1 heterocycles. The number of rotatable bonds is 4. The molecule has 1 aliphatic rings. The van der Waals surface area contributed by atoms with Crippen molar-refractivity contribution in [1.82, 2.24) is 5.32 Å². The minimum Gasteiger partial charge on any atom is -0.347 e. The van der Waals surface area contributed by atoms with E-state index < -0.39 is 5.54 Å². The topological polar surface area (TPSA) is 55.1 Å². The molecular weight excluding hydrogens is 232 g/mol. The summed E-state index contributed by atoms with van der Waals surface area (Å²) < 4.78 is 0. The molecule has 4 heteroatoms. The molecule has 1 saturated carbocycles. The quantitative estimate of drug-likeness (QED) is 0.864. The molecule has 3 nitrogen and oxygen atoms in total. The number of aryl methyl sites for hydroxylation is 1. The second-order valence-corrected chi connectivity index (χ2v) is 6.52. The molecule has 17 heavy (non-hydrogen) atoms. The fourth-order valence-electron chi connectivity index (χ4n) is 1.98. The lowest BCUT2D eigenvalue weighted by Crippen LogP contribution is -2.53. The van der Waals surface area contributed by atoms with Crippen LogP contribution in [-0.2, 0) is 4.79 Å². The largest absolute Gasteiger partial charge is 0.347 e. The predicted molar refractivity (Wildman–Crippen MR) is 70.9 cm³/mol. The first kappa shape index (κ1) is 12.6. The number of thiophene rings is 1. The van der Waals surface area contributed by atoms with Gasteiger partial charge in [-0.2, -0.15) is 0 Å². The molecule has 2 rings (SSSR count). The van der Waals surface area contributed by atoms with Gasteiger partial charge in [0.05, 0.1) is 11.6 Å². The van der Waals surface area contributed by atoms with Gasteiger partial charge in [-0.25, -0.2) is 0 Å². The number of hydrogen-bond donors (Lipinski definition) is 2. The lowest BCUT2D eigenvalue weighted by molar-refractivity contribution is -0.127. The van der Waals surface area contributed by atoms with Gasteiger partial charge in [-0.1, -0.05) is 0 Å². The van der Waals surface area contributed by atoms with Crippen molar-refractivity contribution in [1.29, 1.82) is 0 Å². The van der Waals surface area contributed by atoms with Crippen LogP contribution in [0.5, 0.6) is 0 Å². The maximum atomic E-state index is 12.1. The van der Waals surface area contributed by atoms with Crippen LogP contribution in [0.25, 0.3) is 0 Å². The third-order valence-electron chi connectivity index (χ3n) is 3.45. The molecule has 2 unspecified atom stereocenters. The zero-order chi connectivity index (χ0) is 12.6. The molecule has 0 spiro atoms. The molecule has 1 fully saturated rings. The molecule has 1 aromatic rings. The molecule has 0 bridgehead atoms. The molecule has 0 radical (unpaired) electrons. The van der Waals surface area contributed by atoms with Crippen LogP contribution in [0.4, 0.5) is 0 Å². The average Bonchev–Trinajstić information content (AvgIpc) is 3.02. The van der Waals surface area contributed by atoms with Gasteiger partial charge in [0.1, 0.15) is 0 Å². The lowest BCUT2D eigenvalue weighted by atomic mass is 9.96. The molecule has 3 N–H and O–H groups in total. The number of nitrogens with one attached hydrogen (secondary N) is 1. The Morgan fingerprint density at radius 1 is 1.59 bits per heavy atom. The van der Waals surface area contributed by atoms with Gasteiger partial charge in [0.25, 0.3) is 0 Å². The Labute approximate surface area is 106 Å². The molecule has 0 saturated heterocycles. The Hall–Kier alpha value is -0.870. The molecule has 0 aliphatic heterocycles. The van der Waals surface area contributed by atoms with Gasteiger partial charge >= 0.3 is 0 Å². The van der Waals surface area contributed by atoms with Crippen LogP contribution >= 0.6 is 11.3 Å². The van der Waals surface area contributed by atoms with E-state index in [4.69, 9.17) is 5.73 Å². The summed E-state index contributed by atoms with van der Waals surface area (Å²) in [6, 6.07) is 4.18. The van der Waals surface area contributed by atoms with E-state index in [0.29, 0.717) is 5.92 Å². The number of amides is 1. The van der Waals surface area contributed by atoms with Crippen molar-refractivity contribution >= 4 is 17.2 Å². The summed E-state index contributed by atoms with van der Waals surface area (Å²) in [6.45, 7) is 5.92. The van der Waals surface area contributed by atoms with Gasteiger partial charge in [0.2, 0.25) is 5.91 Å². The van der Waals surface area contributed by atoms with E-state index >= 15 is 0 Å². The molecule has 1 aliphatic carbocycles. The van der Waals surface area contributed by atoms with Gasteiger partial charge in [0.15, 0.2) is 0 Å². The predicted octanol–water partition coefficient (Wildman–Crippen LogP) is 2.36. The maximum absolute atomic E-state index is 12.1. The summed E-state index contributed by atoms with van der Waals surface area (Å²) in [6.07, 6.45) is 2.15. The van der Waals surface area contributed by atoms with Crippen LogP contribution < -0.4 is 11.1 Å². The minimum atomic E-state index is -0.708. The Bertz CT molecular complexity index is 421. The Kier molecular flexibility index (Phi) is 3.27. The zero-order valence-electron chi connectivity index (χ0n) is 10.6. The highest BCUT2D eigenvalue weighted by Crippen LogP contribution is 2.38. The van der Waals surface area contributed by atoms with Crippen LogP contribution in [0.3, 0.4) is 0 Å². The summed E-state index contributed by atoms with van der Waals surface area (Å²) in [5.41, 5.74) is 5.38. The van der Waals surface area contributed by atoms with E-state index in [1.165, 1.54) is 9.75 Å². The fourth-order valence-corrected chi connectivity index (χ4v) is 2.86. The second-order valence-electron chi connectivity index (χ2n) is 5.20. The summed E-state index contributed by atoms with van der Waals surface area (Å²) in [5.74, 6) is 0.332. The number of hydrogen-bond acceptors (Lipinski definition) is 3. The summed E-state index contributed by atoms with van der Waals surface area (Å²) in [7, 11) is 0. The van der Waals surface area contributed by atoms with Crippen LogP contribution in [0.15, 0.2) is 12.1 Å². The van der Waals surface area contributed by atoms with E-state index in [0.717, 1.165) is 12.8 Å². The lowest BCUT2D eigenvalue weighted by Gasteiger charge is -2.25. The third kappa shape index (κ3) is 2.69. The van der Waals surface area contributed by atoms with Crippen molar-refractivity contribution < 1.29 is 4.79 Å². The van der Waals surface area contributed by atoms with E-state index in [9.17, 15) is 4.79 Å². The van der Waals surface area contributed by atoms with Gasteiger partial charge in [-0.15, -0.1) is 11.3 Å². The standard InChI is InChI=1S/C13H20N2OS/c1-8-4-7-11(17-8)9(2)15-12(16)13(3,14)10-5-6-10/h4,7,9-10H,5-6,14H2,1-3H3,(H,15,16). The first-order valence-corrected chi connectivity index (χ1v) is 6.89. The summed E-state index contributed by atoms with van der Waals surface area (Å²) in [5, 5.41) is 3.02. The minimum absolute atomic E-state index is 0.0291. The Morgan fingerprint density at radius 2 is 2.24 bits per heavy atom. The smallest absolute Gasteiger partial charge is 0.240 e. The van der Waals surface area contributed by atoms with Crippen LogP contribution in [-0.4, -0.2) is 11.4 Å². The SMILES string of the molecule is Cc1ccc(C(C)NC(=O)C(C)(N)C2CC2)s1. The van der Waals surface area contributed by atoms with Crippen LogP contribution in [0.1, 0.15) is 42.5 Å². The Morgan fingerprint density at radius 3 is 2.71 bits per heavy atom. The highest BCUT2D eigenvalue weighted by molar-refractivity contribution is 7.12. The van der Waals surface area contributed by atoms with Crippen LogP contribution in [0, 0.1) is 12.8 Å². The molecule has 2 atom stereocenters. The molecule has 0 aromatic carbocycles. The first-order chi connectivity index (χ1) is 7.91. The first-order valence-electron chi connectivity index (χ1n) is 6.07. The third-order valence-corrected chi connectivity index (χ3v) is 4.63. The van der Waals surface area contributed by atoms with Crippen LogP contribution in [0.2, 0.25) is 0 Å². The van der Waals surface area contributed by atoms with E-state index in [-0.39, 0.29) is 11.9 Å². The zero-order valence-corrected chi connectivity index (χ0v) is 11.4. The van der Waals surface area contributed by atoms with E-state index in [2.05, 4.69) is 24.4 Å². The van der Waals surface area contributed by atoms with Crippen molar-refractivity contribution in [2.24, 2.45) is 11.7 Å². The molecule has 94 valence electrons. The normalized spacial score (nSPS) is 20.7. The van der Waals surface area contributed by atoms with Crippen molar-refractivity contribution in [3.8, 4) is 0 Å². The average molecular weight is 252 g/mol. The monoisotopic (exact) mass is 252 g/mol. The highest BCUT2D eigenvalue weighted by Gasteiger charge is 2.44. The van der Waals surface area contributed by atoms with Gasteiger partial charge in [0, 0.05) is 9.75 Å². The second kappa shape index (κ2) is 4.42. The number of nitrogens with two attached hydrogens (primary N) is 1. The van der Waals surface area contributed by atoms with E-state index in [1.54, 1.807) is 11.3 Å². The van der Waals surface area contributed by atoms with Crippen molar-refractivity contribution in [3.63, 3.8) is 0 Å². The fraction of sp³-hybridized carbons (Fsp3) is 0.615. The van der Waals surface area contributed by atoms with Crippen molar-refractivity contribution in [2.45, 2.75) is 45.2 Å². The summed E-state index contributed by atoms with van der Waals surface area (Å²) in [4.78, 5) is 14.6. The molecular formula is C13H20N2OS. The number of carbonyl (C=O) groups is 1. The molecule has 1 amide bonds. The van der Waals surface area contributed by atoms with Crippen molar-refractivity contribution in [2.75, 3.05) is 0 Å². The van der Waals surface area contributed by atoms with E-state index in [1.807, 2.05) is 13.8 Å². The highest BCUT2D eigenvalue weighted by atomic mass is 32.1.